The number of hydrogen-bond acceptors (Lipinski definition) is 3. The van der Waals surface area contributed by atoms with Crippen LogP contribution >= 0.6 is 0 Å². The zero-order valence-electron chi connectivity index (χ0n) is 10.6. The molecule has 1 aliphatic rings. The van der Waals surface area contributed by atoms with Gasteiger partial charge in [0.1, 0.15) is 0 Å². The van der Waals surface area contributed by atoms with E-state index in [0.717, 1.165) is 52.0 Å². The van der Waals surface area contributed by atoms with Crippen LogP contribution in [0.4, 0.5) is 0 Å². The van der Waals surface area contributed by atoms with E-state index in [-0.39, 0.29) is 11.9 Å². The number of nitrogens with zero attached hydrogens (tertiary/aromatic N) is 2. The lowest BCUT2D eigenvalue weighted by Crippen LogP contribution is -2.48. The van der Waals surface area contributed by atoms with Crippen LogP contribution in [0, 0.1) is 0 Å². The Labute approximate surface area is 98.8 Å². The predicted octanol–water partition coefficient (Wildman–Crippen LogP) is 0.668. The molecular weight excluding hydrogens is 202 g/mol. The lowest BCUT2D eigenvalue weighted by Gasteiger charge is -2.31. The third-order valence-corrected chi connectivity index (χ3v) is 3.37. The molecule has 0 spiro atoms. The van der Waals surface area contributed by atoms with Gasteiger partial charge in [0, 0.05) is 13.1 Å². The van der Waals surface area contributed by atoms with Crippen molar-refractivity contribution in [3.05, 3.63) is 0 Å². The molecule has 0 radical (unpaired) electrons. The second-order valence-electron chi connectivity index (χ2n) is 4.45. The molecule has 2 N–H and O–H groups in total. The van der Waals surface area contributed by atoms with E-state index >= 15 is 0 Å². The first-order chi connectivity index (χ1) is 7.69. The summed E-state index contributed by atoms with van der Waals surface area (Å²) in [5.74, 6) is 0.144. The molecular formula is C12H25N3O. The van der Waals surface area contributed by atoms with Crippen LogP contribution in [0.5, 0.6) is 0 Å². The normalized spacial score (nSPS) is 21.9. The second kappa shape index (κ2) is 6.86. The molecule has 1 saturated heterocycles. The summed E-state index contributed by atoms with van der Waals surface area (Å²) in [6.45, 7) is 9.35. The first-order valence-electron chi connectivity index (χ1n) is 6.45. The van der Waals surface area contributed by atoms with E-state index in [1.165, 1.54) is 0 Å². The van der Waals surface area contributed by atoms with Gasteiger partial charge in [0.25, 0.3) is 0 Å². The number of amides is 1. The summed E-state index contributed by atoms with van der Waals surface area (Å²) in [5, 5.41) is 0. The highest BCUT2D eigenvalue weighted by Gasteiger charge is 2.24. The number of carbonyl (C=O) groups excluding carboxylic acids is 1. The van der Waals surface area contributed by atoms with Crippen molar-refractivity contribution in [2.45, 2.75) is 39.2 Å². The van der Waals surface area contributed by atoms with Gasteiger partial charge in [0.05, 0.1) is 6.04 Å². The Morgan fingerprint density at radius 1 is 1.44 bits per heavy atom. The summed E-state index contributed by atoms with van der Waals surface area (Å²) < 4.78 is 0. The zero-order chi connectivity index (χ0) is 12.0. The van der Waals surface area contributed by atoms with Crippen molar-refractivity contribution in [1.82, 2.24) is 9.80 Å². The Hall–Kier alpha value is -0.610. The molecule has 0 aromatic carbocycles. The fraction of sp³-hybridized carbons (Fsp3) is 0.917. The summed E-state index contributed by atoms with van der Waals surface area (Å²) >= 11 is 0. The van der Waals surface area contributed by atoms with Crippen LogP contribution in [0.15, 0.2) is 0 Å². The van der Waals surface area contributed by atoms with E-state index in [1.807, 2.05) is 4.90 Å². The van der Waals surface area contributed by atoms with Crippen LogP contribution in [0.3, 0.4) is 0 Å². The molecule has 0 saturated carbocycles. The molecule has 1 unspecified atom stereocenters. The van der Waals surface area contributed by atoms with Gasteiger partial charge in [-0.15, -0.1) is 0 Å². The van der Waals surface area contributed by atoms with Gasteiger partial charge >= 0.3 is 0 Å². The minimum Gasteiger partial charge on any atom is -0.341 e. The highest BCUT2D eigenvalue weighted by molar-refractivity contribution is 5.82. The molecule has 0 aliphatic carbocycles. The average Bonchev–Trinajstić information content (AvgIpc) is 2.30. The molecule has 4 heteroatoms. The van der Waals surface area contributed by atoms with Crippen molar-refractivity contribution in [3.8, 4) is 0 Å². The van der Waals surface area contributed by atoms with Crippen LogP contribution in [0.1, 0.15) is 33.1 Å². The Morgan fingerprint density at radius 2 is 2.12 bits per heavy atom. The fourth-order valence-electron chi connectivity index (χ4n) is 2.22. The summed E-state index contributed by atoms with van der Waals surface area (Å²) in [5.41, 5.74) is 5.75. The molecule has 0 bridgehead atoms. The zero-order valence-corrected chi connectivity index (χ0v) is 10.6. The minimum absolute atomic E-state index is 0.144. The second-order valence-corrected chi connectivity index (χ2v) is 4.45. The van der Waals surface area contributed by atoms with Crippen LogP contribution < -0.4 is 5.73 Å². The topological polar surface area (TPSA) is 49.6 Å². The molecule has 16 heavy (non-hydrogen) atoms. The largest absolute Gasteiger partial charge is 0.341 e. The highest BCUT2D eigenvalue weighted by Crippen LogP contribution is 2.10. The van der Waals surface area contributed by atoms with Gasteiger partial charge in [0.15, 0.2) is 0 Å². The van der Waals surface area contributed by atoms with Gasteiger partial charge in [-0.1, -0.05) is 13.8 Å². The quantitative estimate of drug-likeness (QED) is 0.725. The van der Waals surface area contributed by atoms with Gasteiger partial charge in [-0.3, -0.25) is 4.79 Å². The number of hydrogen-bond donors (Lipinski definition) is 1. The fourth-order valence-corrected chi connectivity index (χ4v) is 2.22. The first-order valence-corrected chi connectivity index (χ1v) is 6.45. The van der Waals surface area contributed by atoms with Crippen molar-refractivity contribution >= 4 is 5.91 Å². The number of carbonyl (C=O) groups is 1. The number of likely N-dealkylation sites (tertiary alicyclic amines) is 1. The maximum atomic E-state index is 11.7. The molecule has 1 amide bonds. The monoisotopic (exact) mass is 227 g/mol. The average molecular weight is 227 g/mol. The standard InChI is InChI=1S/C12H25N3O/c1-3-14(4-2)8-6-10-15-9-5-7-11(13)12(15)16/h11H,3-10,13H2,1-2H3. The summed E-state index contributed by atoms with van der Waals surface area (Å²) in [4.78, 5) is 16.0. The molecule has 0 aromatic rings. The SMILES string of the molecule is CCN(CC)CCCN1CCCC(N)C1=O. The van der Waals surface area contributed by atoms with E-state index in [4.69, 9.17) is 5.73 Å². The van der Waals surface area contributed by atoms with Crippen LogP contribution in [-0.2, 0) is 4.79 Å². The molecule has 1 aliphatic heterocycles. The molecule has 1 heterocycles. The maximum Gasteiger partial charge on any atom is 0.239 e. The van der Waals surface area contributed by atoms with E-state index in [1.54, 1.807) is 0 Å². The van der Waals surface area contributed by atoms with Gasteiger partial charge in [-0.25, -0.2) is 0 Å². The maximum absolute atomic E-state index is 11.7. The highest BCUT2D eigenvalue weighted by atomic mass is 16.2. The van der Waals surface area contributed by atoms with E-state index < -0.39 is 0 Å². The lowest BCUT2D eigenvalue weighted by atomic mass is 10.1. The Balaban J connectivity index is 2.24. The van der Waals surface area contributed by atoms with Crippen molar-refractivity contribution in [2.75, 3.05) is 32.7 Å². The van der Waals surface area contributed by atoms with E-state index in [2.05, 4.69) is 18.7 Å². The number of piperidine rings is 1. The van der Waals surface area contributed by atoms with Crippen LogP contribution in [0.2, 0.25) is 0 Å². The Kier molecular flexibility index (Phi) is 5.77. The minimum atomic E-state index is -0.248. The third-order valence-electron chi connectivity index (χ3n) is 3.37. The van der Waals surface area contributed by atoms with Crippen molar-refractivity contribution in [1.29, 1.82) is 0 Å². The summed E-state index contributed by atoms with van der Waals surface area (Å²) in [6, 6.07) is -0.248. The third kappa shape index (κ3) is 3.76. The molecule has 1 atom stereocenters. The van der Waals surface area contributed by atoms with Crippen LogP contribution in [0.25, 0.3) is 0 Å². The van der Waals surface area contributed by atoms with Crippen LogP contribution in [-0.4, -0.2) is 54.5 Å². The van der Waals surface area contributed by atoms with Gasteiger partial charge in [0.2, 0.25) is 5.91 Å². The number of nitrogens with two attached hydrogens (primary N) is 1. The first kappa shape index (κ1) is 13.5. The summed E-state index contributed by atoms with van der Waals surface area (Å²) in [7, 11) is 0. The predicted molar refractivity (Wildman–Crippen MR) is 66.2 cm³/mol. The molecule has 1 fully saturated rings. The van der Waals surface area contributed by atoms with Gasteiger partial charge in [-0.05, 0) is 38.9 Å². The Morgan fingerprint density at radius 3 is 2.75 bits per heavy atom. The van der Waals surface area contributed by atoms with Gasteiger partial charge < -0.3 is 15.5 Å². The molecule has 0 aromatic heterocycles. The van der Waals surface area contributed by atoms with E-state index in [9.17, 15) is 4.79 Å². The van der Waals surface area contributed by atoms with E-state index in [0.29, 0.717) is 0 Å². The molecule has 94 valence electrons. The lowest BCUT2D eigenvalue weighted by molar-refractivity contribution is -0.135. The van der Waals surface area contributed by atoms with Crippen molar-refractivity contribution < 1.29 is 4.79 Å². The summed E-state index contributed by atoms with van der Waals surface area (Å²) in [6.07, 6.45) is 2.96. The smallest absolute Gasteiger partial charge is 0.239 e. The molecule has 4 nitrogen and oxygen atoms in total. The van der Waals surface area contributed by atoms with Crippen molar-refractivity contribution in [3.63, 3.8) is 0 Å². The van der Waals surface area contributed by atoms with Crippen molar-refractivity contribution in [2.24, 2.45) is 5.73 Å². The Bertz CT molecular complexity index is 216. The molecule has 1 rings (SSSR count). The number of rotatable bonds is 6. The van der Waals surface area contributed by atoms with Gasteiger partial charge in [-0.2, -0.15) is 0 Å².